The Hall–Kier alpha value is -2.76. The molecule has 1 fully saturated rings. The van der Waals surface area contributed by atoms with Crippen LogP contribution in [-0.2, 0) is 11.3 Å². The van der Waals surface area contributed by atoms with Crippen molar-refractivity contribution in [2.75, 3.05) is 13.1 Å². The minimum Gasteiger partial charge on any atom is -0.443 e. The van der Waals surface area contributed by atoms with Crippen molar-refractivity contribution in [2.45, 2.75) is 33.8 Å². The highest BCUT2D eigenvalue weighted by atomic mass is 16.6. The van der Waals surface area contributed by atoms with Crippen LogP contribution in [0.15, 0.2) is 59.2 Å². The number of hydrogen-bond acceptors (Lipinski definition) is 3. The van der Waals surface area contributed by atoms with Gasteiger partial charge in [-0.15, -0.1) is 0 Å². The molecule has 1 aliphatic heterocycles. The van der Waals surface area contributed by atoms with E-state index in [2.05, 4.69) is 18.8 Å². The number of allylic oxidation sites excluding steroid dienone is 4. The molecule has 1 saturated heterocycles. The van der Waals surface area contributed by atoms with Gasteiger partial charge in [0.1, 0.15) is 6.61 Å². The first kappa shape index (κ1) is 19.6. The maximum atomic E-state index is 12.5. The van der Waals surface area contributed by atoms with Crippen molar-refractivity contribution >= 4 is 12.1 Å². The van der Waals surface area contributed by atoms with Gasteiger partial charge in [0.2, 0.25) is 5.96 Å². The molecule has 1 amide bonds. The van der Waals surface area contributed by atoms with Crippen molar-refractivity contribution < 1.29 is 9.53 Å². The monoisotopic (exact) mass is 356 g/mol. The van der Waals surface area contributed by atoms with E-state index < -0.39 is 6.09 Å². The normalized spacial score (nSPS) is 16.0. The van der Waals surface area contributed by atoms with E-state index in [9.17, 15) is 4.79 Å². The fraction of sp³-hybridized carbons (Fsp3) is 0.400. The number of amides is 1. The van der Waals surface area contributed by atoms with E-state index in [4.69, 9.17) is 10.5 Å². The molecule has 0 radical (unpaired) electrons. The summed E-state index contributed by atoms with van der Waals surface area (Å²) in [5.41, 5.74) is 8.00. The molecule has 0 atom stereocenters. The number of carbonyl (C=O) groups is 1. The summed E-state index contributed by atoms with van der Waals surface area (Å²) in [4.78, 5) is 17.0. The van der Waals surface area contributed by atoms with E-state index in [1.807, 2.05) is 55.5 Å². The second-order valence-electron chi connectivity index (χ2n) is 6.38. The zero-order valence-corrected chi connectivity index (χ0v) is 15.8. The SMILES string of the molecule is C/C=C\C=C(\N=C(N)N1CCCN1C(=O)OCc1ccccc1)C(C)C. The molecule has 2 N–H and O–H groups in total. The molecule has 1 aromatic rings. The Bertz CT molecular complexity index is 680. The number of nitrogens with zero attached hydrogens (tertiary/aromatic N) is 3. The van der Waals surface area contributed by atoms with Crippen molar-refractivity contribution in [3.8, 4) is 0 Å². The Morgan fingerprint density at radius 2 is 1.96 bits per heavy atom. The van der Waals surface area contributed by atoms with Crippen molar-refractivity contribution in [1.82, 2.24) is 10.0 Å². The lowest BCUT2D eigenvalue weighted by atomic mass is 10.1. The van der Waals surface area contributed by atoms with E-state index in [0.29, 0.717) is 19.0 Å². The van der Waals surface area contributed by atoms with Crippen molar-refractivity contribution in [3.05, 3.63) is 59.8 Å². The first-order valence-electron chi connectivity index (χ1n) is 8.95. The highest BCUT2D eigenvalue weighted by molar-refractivity contribution is 5.82. The number of aliphatic imine (C=N–C) groups is 1. The van der Waals surface area contributed by atoms with E-state index in [0.717, 1.165) is 17.7 Å². The second-order valence-corrected chi connectivity index (χ2v) is 6.38. The van der Waals surface area contributed by atoms with E-state index in [-0.39, 0.29) is 12.5 Å². The van der Waals surface area contributed by atoms with Crippen molar-refractivity contribution in [1.29, 1.82) is 0 Å². The summed E-state index contributed by atoms with van der Waals surface area (Å²) in [6.07, 6.45) is 6.23. The van der Waals surface area contributed by atoms with Crippen LogP contribution < -0.4 is 5.73 Å². The lowest BCUT2D eigenvalue weighted by Gasteiger charge is -2.28. The highest BCUT2D eigenvalue weighted by Gasteiger charge is 2.29. The number of rotatable bonds is 5. The predicted octanol–water partition coefficient (Wildman–Crippen LogP) is 3.68. The molecule has 0 aromatic heterocycles. The van der Waals surface area contributed by atoms with Crippen LogP contribution >= 0.6 is 0 Å². The number of guanidine groups is 1. The summed E-state index contributed by atoms with van der Waals surface area (Å²) in [7, 11) is 0. The molecule has 6 nitrogen and oxygen atoms in total. The zero-order valence-electron chi connectivity index (χ0n) is 15.8. The Labute approximate surface area is 155 Å². The van der Waals surface area contributed by atoms with Gasteiger partial charge in [0.05, 0.1) is 0 Å². The smallest absolute Gasteiger partial charge is 0.429 e. The Morgan fingerprint density at radius 1 is 1.27 bits per heavy atom. The molecule has 0 aliphatic carbocycles. The topological polar surface area (TPSA) is 71.2 Å². The first-order valence-corrected chi connectivity index (χ1v) is 8.95. The van der Waals surface area contributed by atoms with Crippen LogP contribution in [0.5, 0.6) is 0 Å². The van der Waals surface area contributed by atoms with Gasteiger partial charge in [-0.1, -0.05) is 56.3 Å². The molecule has 0 saturated carbocycles. The largest absolute Gasteiger partial charge is 0.443 e. The van der Waals surface area contributed by atoms with Gasteiger partial charge in [0.25, 0.3) is 0 Å². The summed E-state index contributed by atoms with van der Waals surface area (Å²) >= 11 is 0. The number of carbonyl (C=O) groups excluding carboxylic acids is 1. The van der Waals surface area contributed by atoms with Gasteiger partial charge >= 0.3 is 6.09 Å². The fourth-order valence-corrected chi connectivity index (χ4v) is 2.58. The van der Waals surface area contributed by atoms with Gasteiger partial charge < -0.3 is 10.5 Å². The Morgan fingerprint density at radius 3 is 2.62 bits per heavy atom. The van der Waals surface area contributed by atoms with Gasteiger partial charge in [-0.3, -0.25) is 0 Å². The first-order chi connectivity index (χ1) is 12.5. The van der Waals surface area contributed by atoms with Crippen LogP contribution in [0.2, 0.25) is 0 Å². The molecule has 0 bridgehead atoms. The maximum absolute atomic E-state index is 12.5. The summed E-state index contributed by atoms with van der Waals surface area (Å²) in [5, 5.41) is 3.22. The van der Waals surface area contributed by atoms with Crippen LogP contribution in [0.4, 0.5) is 4.79 Å². The molecule has 0 spiro atoms. The molecular weight excluding hydrogens is 328 g/mol. The van der Waals surface area contributed by atoms with Gasteiger partial charge in [-0.25, -0.2) is 19.8 Å². The molecule has 6 heteroatoms. The molecular formula is C20H28N4O2. The van der Waals surface area contributed by atoms with Crippen LogP contribution in [-0.4, -0.2) is 35.2 Å². The third kappa shape index (κ3) is 5.37. The minimum absolute atomic E-state index is 0.228. The predicted molar refractivity (Wildman–Crippen MR) is 104 cm³/mol. The lowest BCUT2D eigenvalue weighted by molar-refractivity contribution is 0.0478. The summed E-state index contributed by atoms with van der Waals surface area (Å²) in [6, 6.07) is 9.61. The molecule has 2 rings (SSSR count). The highest BCUT2D eigenvalue weighted by Crippen LogP contribution is 2.16. The van der Waals surface area contributed by atoms with Gasteiger partial charge in [0, 0.05) is 18.8 Å². The Balaban J connectivity index is 2.05. The number of hydrazine groups is 1. The summed E-state index contributed by atoms with van der Waals surface area (Å²) in [6.45, 7) is 7.51. The van der Waals surface area contributed by atoms with Crippen LogP contribution in [0.25, 0.3) is 0 Å². The van der Waals surface area contributed by atoms with Gasteiger partial charge in [-0.2, -0.15) is 0 Å². The Kier molecular flexibility index (Phi) is 7.26. The maximum Gasteiger partial charge on any atom is 0.429 e. The van der Waals surface area contributed by atoms with Gasteiger partial charge in [-0.05, 0) is 30.9 Å². The van der Waals surface area contributed by atoms with Crippen LogP contribution in [0.3, 0.4) is 0 Å². The second kappa shape index (κ2) is 9.65. The van der Waals surface area contributed by atoms with E-state index in [1.165, 1.54) is 5.01 Å². The number of hydrogen-bond donors (Lipinski definition) is 1. The number of benzene rings is 1. The van der Waals surface area contributed by atoms with Gasteiger partial charge in [0.15, 0.2) is 0 Å². The number of nitrogens with two attached hydrogens (primary N) is 1. The molecule has 1 aromatic carbocycles. The molecule has 0 unspecified atom stereocenters. The zero-order chi connectivity index (χ0) is 18.9. The third-order valence-electron chi connectivity index (χ3n) is 4.01. The summed E-state index contributed by atoms with van der Waals surface area (Å²) in [5.74, 6) is 0.537. The van der Waals surface area contributed by atoms with Crippen LogP contribution in [0.1, 0.15) is 32.8 Å². The average Bonchev–Trinajstić information content (AvgIpc) is 3.13. The molecule has 140 valence electrons. The average molecular weight is 356 g/mol. The fourth-order valence-electron chi connectivity index (χ4n) is 2.58. The third-order valence-corrected chi connectivity index (χ3v) is 4.01. The van der Waals surface area contributed by atoms with Crippen LogP contribution in [0, 0.1) is 5.92 Å². The quantitative estimate of drug-likeness (QED) is 0.496. The molecule has 26 heavy (non-hydrogen) atoms. The molecule has 1 aliphatic rings. The standard InChI is InChI=1S/C20H28N4O2/c1-4-5-12-18(16(2)3)22-19(21)23-13-9-14-24(23)20(25)26-15-17-10-7-6-8-11-17/h4-8,10-12,16H,9,13-15H2,1-3H3,(H2,21,22)/b5-4-,18-12+. The molecule has 1 heterocycles. The minimum atomic E-state index is -0.409. The van der Waals surface area contributed by atoms with Crippen molar-refractivity contribution in [2.24, 2.45) is 16.6 Å². The van der Waals surface area contributed by atoms with E-state index in [1.54, 1.807) is 5.01 Å². The summed E-state index contributed by atoms with van der Waals surface area (Å²) < 4.78 is 5.42. The van der Waals surface area contributed by atoms with E-state index >= 15 is 0 Å². The lowest BCUT2D eigenvalue weighted by Crippen LogP contribution is -2.48. The number of ether oxygens (including phenoxy) is 1. The van der Waals surface area contributed by atoms with Crippen molar-refractivity contribution in [3.63, 3.8) is 0 Å².